The van der Waals surface area contributed by atoms with Gasteiger partial charge in [0.15, 0.2) is 0 Å². The Morgan fingerprint density at radius 1 is 1.00 bits per heavy atom. The van der Waals surface area contributed by atoms with Crippen LogP contribution >= 0.6 is 0 Å². The number of fused-ring (bicyclic) bond motifs is 1. The molecule has 0 N–H and O–H groups in total. The van der Waals surface area contributed by atoms with Crippen molar-refractivity contribution in [3.8, 4) is 0 Å². The Morgan fingerprint density at radius 3 is 2.46 bits per heavy atom. The molecule has 24 heavy (non-hydrogen) atoms. The van der Waals surface area contributed by atoms with Gasteiger partial charge in [0.1, 0.15) is 0 Å². The minimum absolute atomic E-state index is 0.173. The molecule has 2 fully saturated rings. The molecule has 4 nitrogen and oxygen atoms in total. The van der Waals surface area contributed by atoms with Gasteiger partial charge in [-0.05, 0) is 63.6 Å². The Morgan fingerprint density at radius 2 is 1.71 bits per heavy atom. The van der Waals surface area contributed by atoms with E-state index >= 15 is 0 Å². The lowest BCUT2D eigenvalue weighted by molar-refractivity contribution is 0.0689. The second kappa shape index (κ2) is 6.15. The molecule has 2 aromatic rings. The topological polar surface area (TPSA) is 46.1 Å². The number of hydrogen-bond acceptors (Lipinski definition) is 3. The summed E-state index contributed by atoms with van der Waals surface area (Å²) in [7, 11) is 0. The lowest BCUT2D eigenvalue weighted by atomic mass is 9.95. The third-order valence-electron chi connectivity index (χ3n) is 5.83. The number of aryl methyl sites for hydroxylation is 2. The van der Waals surface area contributed by atoms with Crippen LogP contribution in [0.5, 0.6) is 0 Å². The molecule has 0 bridgehead atoms. The van der Waals surface area contributed by atoms with E-state index in [9.17, 15) is 4.79 Å². The van der Waals surface area contributed by atoms with Crippen LogP contribution in [0.25, 0.3) is 11.0 Å². The van der Waals surface area contributed by atoms with Crippen LogP contribution in [-0.4, -0.2) is 33.4 Å². The summed E-state index contributed by atoms with van der Waals surface area (Å²) in [6, 6.07) is 6.21. The number of rotatable bonds is 2. The summed E-state index contributed by atoms with van der Waals surface area (Å²) in [5, 5.41) is 0. The fourth-order valence-electron chi connectivity index (χ4n) is 4.41. The molecule has 2 aliphatic rings. The molecular formula is C20H25N3O. The van der Waals surface area contributed by atoms with Crippen LogP contribution in [0.2, 0.25) is 0 Å². The highest BCUT2D eigenvalue weighted by Gasteiger charge is 2.36. The van der Waals surface area contributed by atoms with Gasteiger partial charge in [0.25, 0.3) is 5.91 Å². The van der Waals surface area contributed by atoms with Gasteiger partial charge >= 0.3 is 0 Å². The number of likely N-dealkylation sites (tertiary alicyclic amines) is 1. The molecule has 2 heterocycles. The summed E-state index contributed by atoms with van der Waals surface area (Å²) in [6.07, 6.45) is 7.54. The van der Waals surface area contributed by atoms with Crippen molar-refractivity contribution in [1.82, 2.24) is 14.9 Å². The predicted octanol–water partition coefficient (Wildman–Crippen LogP) is 4.04. The average Bonchev–Trinajstić information content (AvgIpc) is 3.25. The van der Waals surface area contributed by atoms with E-state index in [2.05, 4.69) is 14.9 Å². The molecule has 1 aliphatic carbocycles. The first-order chi connectivity index (χ1) is 11.6. The van der Waals surface area contributed by atoms with Crippen LogP contribution in [0.3, 0.4) is 0 Å². The summed E-state index contributed by atoms with van der Waals surface area (Å²) in [4.78, 5) is 24.4. The molecule has 1 saturated carbocycles. The van der Waals surface area contributed by atoms with Crippen molar-refractivity contribution in [2.45, 2.75) is 58.4 Å². The first kappa shape index (κ1) is 15.6. The largest absolute Gasteiger partial charge is 0.335 e. The van der Waals surface area contributed by atoms with Gasteiger partial charge in [-0.15, -0.1) is 0 Å². The number of nitrogens with zero attached hydrogens (tertiary/aromatic N) is 3. The molecule has 1 atom stereocenters. The summed E-state index contributed by atoms with van der Waals surface area (Å²) >= 11 is 0. The van der Waals surface area contributed by atoms with Crippen molar-refractivity contribution in [1.29, 1.82) is 0 Å². The number of benzene rings is 1. The Balaban J connectivity index is 1.63. The van der Waals surface area contributed by atoms with Crippen molar-refractivity contribution in [3.05, 3.63) is 35.2 Å². The van der Waals surface area contributed by atoms with Crippen LogP contribution in [0.15, 0.2) is 18.2 Å². The van der Waals surface area contributed by atoms with Gasteiger partial charge in [-0.3, -0.25) is 4.79 Å². The predicted molar refractivity (Wildman–Crippen MR) is 95.0 cm³/mol. The third-order valence-corrected chi connectivity index (χ3v) is 5.83. The van der Waals surface area contributed by atoms with E-state index in [4.69, 9.17) is 0 Å². The van der Waals surface area contributed by atoms with Crippen molar-refractivity contribution in [3.63, 3.8) is 0 Å². The average molecular weight is 323 g/mol. The van der Waals surface area contributed by atoms with E-state index in [0.717, 1.165) is 41.0 Å². The summed E-state index contributed by atoms with van der Waals surface area (Å²) in [5.41, 5.74) is 4.31. The van der Waals surface area contributed by atoms with Crippen LogP contribution in [0.1, 0.15) is 60.3 Å². The maximum Gasteiger partial charge on any atom is 0.254 e. The molecule has 0 spiro atoms. The molecule has 1 saturated heterocycles. The second-order valence-corrected chi connectivity index (χ2v) is 7.35. The van der Waals surface area contributed by atoms with Crippen LogP contribution in [-0.2, 0) is 0 Å². The van der Waals surface area contributed by atoms with Gasteiger partial charge in [0, 0.05) is 18.2 Å². The van der Waals surface area contributed by atoms with E-state index < -0.39 is 0 Å². The molecule has 1 unspecified atom stereocenters. The maximum absolute atomic E-state index is 13.1. The van der Waals surface area contributed by atoms with Gasteiger partial charge in [-0.1, -0.05) is 12.8 Å². The molecule has 0 radical (unpaired) electrons. The molecule has 4 heteroatoms. The molecule has 126 valence electrons. The van der Waals surface area contributed by atoms with Gasteiger partial charge in [-0.25, -0.2) is 9.97 Å². The molecule has 1 amide bonds. The van der Waals surface area contributed by atoms with E-state index in [0.29, 0.717) is 12.0 Å². The van der Waals surface area contributed by atoms with E-state index in [1.807, 2.05) is 32.0 Å². The Kier molecular flexibility index (Phi) is 3.99. The van der Waals surface area contributed by atoms with Crippen LogP contribution < -0.4 is 0 Å². The van der Waals surface area contributed by atoms with Gasteiger partial charge < -0.3 is 4.90 Å². The SMILES string of the molecule is Cc1nc2ccc(C(=O)N3CCCC3C3CCCC3)cc2nc1C. The fourth-order valence-corrected chi connectivity index (χ4v) is 4.41. The van der Waals surface area contributed by atoms with E-state index in [-0.39, 0.29) is 5.91 Å². The minimum Gasteiger partial charge on any atom is -0.335 e. The summed E-state index contributed by atoms with van der Waals surface area (Å²) in [5.74, 6) is 0.882. The van der Waals surface area contributed by atoms with Crippen LogP contribution in [0.4, 0.5) is 0 Å². The van der Waals surface area contributed by atoms with Gasteiger partial charge in [-0.2, -0.15) is 0 Å². The second-order valence-electron chi connectivity index (χ2n) is 7.35. The van der Waals surface area contributed by atoms with Crippen molar-refractivity contribution in [2.75, 3.05) is 6.54 Å². The molecule has 1 aliphatic heterocycles. The normalized spacial score (nSPS) is 21.8. The standard InChI is InChI=1S/C20H25N3O/c1-13-14(2)22-18-12-16(9-10-17(18)21-13)20(24)23-11-5-8-19(23)15-6-3-4-7-15/h9-10,12,15,19H,3-8,11H2,1-2H3. The summed E-state index contributed by atoms with van der Waals surface area (Å²) in [6.45, 7) is 4.83. The lowest BCUT2D eigenvalue weighted by Crippen LogP contribution is -2.39. The fraction of sp³-hybridized carbons (Fsp3) is 0.550. The van der Waals surface area contributed by atoms with Gasteiger partial charge in [0.05, 0.1) is 22.4 Å². The first-order valence-electron chi connectivity index (χ1n) is 9.19. The number of aromatic nitrogens is 2. The zero-order valence-electron chi connectivity index (χ0n) is 14.6. The first-order valence-corrected chi connectivity index (χ1v) is 9.19. The monoisotopic (exact) mass is 323 g/mol. The molecular weight excluding hydrogens is 298 g/mol. The highest BCUT2D eigenvalue weighted by Crippen LogP contribution is 2.36. The Labute approximate surface area is 143 Å². The zero-order valence-corrected chi connectivity index (χ0v) is 14.6. The maximum atomic E-state index is 13.1. The number of carbonyl (C=O) groups excluding carboxylic acids is 1. The highest BCUT2D eigenvalue weighted by atomic mass is 16.2. The summed E-state index contributed by atoms with van der Waals surface area (Å²) < 4.78 is 0. The zero-order chi connectivity index (χ0) is 16.7. The minimum atomic E-state index is 0.173. The number of amides is 1. The number of carbonyl (C=O) groups is 1. The lowest BCUT2D eigenvalue weighted by Gasteiger charge is -2.29. The number of hydrogen-bond donors (Lipinski definition) is 0. The third kappa shape index (κ3) is 2.68. The molecule has 4 rings (SSSR count). The smallest absolute Gasteiger partial charge is 0.254 e. The molecule has 1 aromatic carbocycles. The highest BCUT2D eigenvalue weighted by molar-refractivity contribution is 5.97. The van der Waals surface area contributed by atoms with Crippen molar-refractivity contribution < 1.29 is 4.79 Å². The van der Waals surface area contributed by atoms with E-state index in [1.54, 1.807) is 0 Å². The molecule has 1 aromatic heterocycles. The van der Waals surface area contributed by atoms with Crippen molar-refractivity contribution in [2.24, 2.45) is 5.92 Å². The Hall–Kier alpha value is -1.97. The quantitative estimate of drug-likeness (QED) is 0.838. The Bertz CT molecular complexity index is 780. The van der Waals surface area contributed by atoms with E-state index in [1.165, 1.54) is 32.1 Å². The van der Waals surface area contributed by atoms with Crippen LogP contribution in [0, 0.1) is 19.8 Å². The van der Waals surface area contributed by atoms with Gasteiger partial charge in [0.2, 0.25) is 0 Å². The van der Waals surface area contributed by atoms with Crippen molar-refractivity contribution >= 4 is 16.9 Å².